The third kappa shape index (κ3) is 4.10. The summed E-state index contributed by atoms with van der Waals surface area (Å²) < 4.78 is 0. The van der Waals surface area contributed by atoms with Gasteiger partial charge in [0.2, 0.25) is 0 Å². The number of carbonyl (C=O) groups excluding carboxylic acids is 1. The molecular formula is C25H27N5O. The number of aromatic nitrogens is 2. The number of hydrogen-bond donors (Lipinski definition) is 1. The lowest BCUT2D eigenvalue weighted by molar-refractivity contribution is 0.206. The fraction of sp³-hybridized carbons (Fsp3) is 0.320. The summed E-state index contributed by atoms with van der Waals surface area (Å²) in [7, 11) is 0. The molecule has 1 fully saturated rings. The normalized spacial score (nSPS) is 15.6. The number of urea groups is 1. The minimum absolute atomic E-state index is 0.0734. The number of nitrogens with zero attached hydrogens (tertiary/aromatic N) is 4. The Labute approximate surface area is 182 Å². The quantitative estimate of drug-likeness (QED) is 0.679. The molecule has 2 aliphatic heterocycles. The van der Waals surface area contributed by atoms with E-state index in [2.05, 4.69) is 22.3 Å². The van der Waals surface area contributed by atoms with Crippen molar-refractivity contribution in [2.75, 3.05) is 29.9 Å². The highest BCUT2D eigenvalue weighted by molar-refractivity contribution is 5.89. The fourth-order valence-electron chi connectivity index (χ4n) is 4.40. The molecule has 0 atom stereocenters. The van der Waals surface area contributed by atoms with Crippen LogP contribution in [-0.4, -0.2) is 40.5 Å². The molecule has 2 amide bonds. The van der Waals surface area contributed by atoms with E-state index in [9.17, 15) is 4.79 Å². The molecule has 0 aliphatic carbocycles. The predicted molar refractivity (Wildman–Crippen MR) is 123 cm³/mol. The van der Waals surface area contributed by atoms with Crippen molar-refractivity contribution in [1.82, 2.24) is 14.9 Å². The zero-order valence-corrected chi connectivity index (χ0v) is 17.8. The molecule has 1 aromatic heterocycles. The van der Waals surface area contributed by atoms with Gasteiger partial charge in [0, 0.05) is 42.9 Å². The molecule has 158 valence electrons. The summed E-state index contributed by atoms with van der Waals surface area (Å²) in [5.41, 5.74) is 5.14. The summed E-state index contributed by atoms with van der Waals surface area (Å²) in [6.45, 7) is 5.22. The van der Waals surface area contributed by atoms with Crippen molar-refractivity contribution in [3.63, 3.8) is 0 Å². The van der Waals surface area contributed by atoms with Gasteiger partial charge in [-0.2, -0.15) is 0 Å². The third-order valence-corrected chi connectivity index (χ3v) is 6.03. The first-order valence-electron chi connectivity index (χ1n) is 11.0. The van der Waals surface area contributed by atoms with Gasteiger partial charge in [-0.15, -0.1) is 0 Å². The Morgan fingerprint density at radius 3 is 2.55 bits per heavy atom. The standard InChI is InChI=1S/C25H27N5O/c1-18-8-7-11-20(16-18)26-25(31)30-15-12-22-21(17-30)24(29-13-5-6-14-29)28-23(27-22)19-9-3-2-4-10-19/h2-4,7-11,16H,5-6,12-15,17H2,1H3,(H,26,31). The van der Waals surface area contributed by atoms with Crippen molar-refractivity contribution in [3.05, 3.63) is 71.4 Å². The molecule has 3 aromatic rings. The average molecular weight is 414 g/mol. The second kappa shape index (κ2) is 8.38. The highest BCUT2D eigenvalue weighted by Crippen LogP contribution is 2.31. The maximum Gasteiger partial charge on any atom is 0.322 e. The van der Waals surface area contributed by atoms with Crippen molar-refractivity contribution < 1.29 is 4.79 Å². The molecule has 2 aliphatic rings. The zero-order valence-electron chi connectivity index (χ0n) is 17.8. The lowest BCUT2D eigenvalue weighted by Crippen LogP contribution is -2.40. The van der Waals surface area contributed by atoms with Crippen LogP contribution < -0.4 is 10.2 Å². The molecule has 0 unspecified atom stereocenters. The Bertz CT molecular complexity index is 1090. The van der Waals surface area contributed by atoms with Gasteiger partial charge in [0.15, 0.2) is 5.82 Å². The fourth-order valence-corrected chi connectivity index (χ4v) is 4.40. The Morgan fingerprint density at radius 1 is 0.968 bits per heavy atom. The van der Waals surface area contributed by atoms with Crippen LogP contribution in [0.15, 0.2) is 54.6 Å². The summed E-state index contributed by atoms with van der Waals surface area (Å²) >= 11 is 0. The highest BCUT2D eigenvalue weighted by Gasteiger charge is 2.29. The molecule has 6 nitrogen and oxygen atoms in total. The first kappa shape index (κ1) is 19.5. The molecule has 3 heterocycles. The molecular weight excluding hydrogens is 386 g/mol. The number of rotatable bonds is 3. The Hall–Kier alpha value is -3.41. The van der Waals surface area contributed by atoms with E-state index in [-0.39, 0.29) is 6.03 Å². The van der Waals surface area contributed by atoms with Gasteiger partial charge < -0.3 is 15.1 Å². The minimum Gasteiger partial charge on any atom is -0.356 e. The topological polar surface area (TPSA) is 61.4 Å². The molecule has 0 bridgehead atoms. The number of hydrogen-bond acceptors (Lipinski definition) is 4. The van der Waals surface area contributed by atoms with Gasteiger partial charge in [0.05, 0.1) is 12.2 Å². The Morgan fingerprint density at radius 2 is 1.77 bits per heavy atom. The molecule has 1 saturated heterocycles. The van der Waals surface area contributed by atoms with Crippen LogP contribution >= 0.6 is 0 Å². The van der Waals surface area contributed by atoms with Gasteiger partial charge >= 0.3 is 6.03 Å². The van der Waals surface area contributed by atoms with Crippen molar-refractivity contribution >= 4 is 17.5 Å². The van der Waals surface area contributed by atoms with E-state index < -0.39 is 0 Å². The molecule has 0 spiro atoms. The number of carbonyl (C=O) groups is 1. The zero-order chi connectivity index (χ0) is 21.2. The summed E-state index contributed by atoms with van der Waals surface area (Å²) in [5, 5.41) is 3.04. The van der Waals surface area contributed by atoms with E-state index in [1.54, 1.807) is 0 Å². The van der Waals surface area contributed by atoms with Crippen LogP contribution in [0.4, 0.5) is 16.3 Å². The van der Waals surface area contributed by atoms with Gasteiger partial charge in [-0.25, -0.2) is 14.8 Å². The third-order valence-electron chi connectivity index (χ3n) is 6.03. The maximum absolute atomic E-state index is 13.0. The van der Waals surface area contributed by atoms with E-state index in [0.29, 0.717) is 13.1 Å². The summed E-state index contributed by atoms with van der Waals surface area (Å²) in [4.78, 5) is 27.1. The number of aryl methyl sites for hydroxylation is 1. The van der Waals surface area contributed by atoms with E-state index in [4.69, 9.17) is 9.97 Å². The van der Waals surface area contributed by atoms with Gasteiger partial charge in [-0.3, -0.25) is 0 Å². The van der Waals surface area contributed by atoms with Crippen molar-refractivity contribution in [3.8, 4) is 11.4 Å². The minimum atomic E-state index is -0.0734. The van der Waals surface area contributed by atoms with Crippen LogP contribution in [0.2, 0.25) is 0 Å². The van der Waals surface area contributed by atoms with E-state index >= 15 is 0 Å². The molecule has 0 saturated carbocycles. The van der Waals surface area contributed by atoms with Crippen LogP contribution in [-0.2, 0) is 13.0 Å². The summed E-state index contributed by atoms with van der Waals surface area (Å²) in [5.74, 6) is 1.77. The average Bonchev–Trinajstić information content (AvgIpc) is 3.33. The van der Waals surface area contributed by atoms with Crippen molar-refractivity contribution in [1.29, 1.82) is 0 Å². The SMILES string of the molecule is Cc1cccc(NC(=O)N2CCc3nc(-c4ccccc4)nc(N4CCCC4)c3C2)c1. The Kier molecular flexibility index (Phi) is 5.28. The van der Waals surface area contributed by atoms with Crippen molar-refractivity contribution in [2.45, 2.75) is 32.7 Å². The van der Waals surface area contributed by atoms with Crippen LogP contribution in [0.3, 0.4) is 0 Å². The largest absolute Gasteiger partial charge is 0.356 e. The lowest BCUT2D eigenvalue weighted by atomic mass is 10.0. The van der Waals surface area contributed by atoms with E-state index in [1.807, 2.05) is 54.3 Å². The summed E-state index contributed by atoms with van der Waals surface area (Å²) in [6.07, 6.45) is 3.09. The van der Waals surface area contributed by atoms with Crippen LogP contribution in [0.1, 0.15) is 29.7 Å². The second-order valence-corrected chi connectivity index (χ2v) is 8.33. The van der Waals surface area contributed by atoms with Crippen LogP contribution in [0.25, 0.3) is 11.4 Å². The smallest absolute Gasteiger partial charge is 0.322 e. The Balaban J connectivity index is 1.45. The molecule has 31 heavy (non-hydrogen) atoms. The molecule has 5 rings (SSSR count). The first-order valence-corrected chi connectivity index (χ1v) is 11.0. The lowest BCUT2D eigenvalue weighted by Gasteiger charge is -2.32. The van der Waals surface area contributed by atoms with Gasteiger partial charge in [0.1, 0.15) is 5.82 Å². The molecule has 0 radical (unpaired) electrons. The number of amides is 2. The number of nitrogens with one attached hydrogen (secondary N) is 1. The van der Waals surface area contributed by atoms with Gasteiger partial charge in [0.25, 0.3) is 0 Å². The monoisotopic (exact) mass is 413 g/mol. The molecule has 1 N–H and O–H groups in total. The van der Waals surface area contributed by atoms with Crippen molar-refractivity contribution in [2.24, 2.45) is 0 Å². The molecule has 6 heteroatoms. The van der Waals surface area contributed by atoms with E-state index in [0.717, 1.165) is 59.2 Å². The number of anilines is 2. The maximum atomic E-state index is 13.0. The van der Waals surface area contributed by atoms with Gasteiger partial charge in [-0.1, -0.05) is 42.5 Å². The molecule has 2 aromatic carbocycles. The summed E-state index contributed by atoms with van der Waals surface area (Å²) in [6, 6.07) is 18.0. The highest BCUT2D eigenvalue weighted by atomic mass is 16.2. The number of benzene rings is 2. The number of fused-ring (bicyclic) bond motifs is 1. The van der Waals surface area contributed by atoms with Crippen LogP contribution in [0.5, 0.6) is 0 Å². The van der Waals surface area contributed by atoms with E-state index in [1.165, 1.54) is 12.8 Å². The first-order chi connectivity index (χ1) is 15.2. The van der Waals surface area contributed by atoms with Crippen LogP contribution in [0, 0.1) is 6.92 Å². The predicted octanol–water partition coefficient (Wildman–Crippen LogP) is 4.64. The second-order valence-electron chi connectivity index (χ2n) is 8.33. The van der Waals surface area contributed by atoms with Gasteiger partial charge in [-0.05, 0) is 37.5 Å².